The molecule has 1 aromatic carbocycles. The van der Waals surface area contributed by atoms with Crippen molar-refractivity contribution in [3.8, 4) is 0 Å². The van der Waals surface area contributed by atoms with Crippen molar-refractivity contribution >= 4 is 17.6 Å². The highest BCUT2D eigenvalue weighted by Crippen LogP contribution is 2.23. The second-order valence-electron chi connectivity index (χ2n) is 3.95. The Balaban J connectivity index is 2.06. The van der Waals surface area contributed by atoms with Gasteiger partial charge in [0, 0.05) is 4.90 Å². The molecule has 0 aliphatic carbocycles. The first-order chi connectivity index (χ1) is 8.58. The van der Waals surface area contributed by atoms with Crippen LogP contribution in [-0.2, 0) is 12.8 Å². The zero-order chi connectivity index (χ0) is 13.1. The summed E-state index contributed by atoms with van der Waals surface area (Å²) in [5.41, 5.74) is 1.21. The molecular weight excluding hydrogens is 250 g/mol. The van der Waals surface area contributed by atoms with Crippen LogP contribution in [0.5, 0.6) is 0 Å². The van der Waals surface area contributed by atoms with Gasteiger partial charge >= 0.3 is 5.82 Å². The van der Waals surface area contributed by atoms with Gasteiger partial charge in [0.2, 0.25) is 5.82 Å². The van der Waals surface area contributed by atoms with Gasteiger partial charge in [-0.1, -0.05) is 17.7 Å². The van der Waals surface area contributed by atoms with Crippen LogP contribution in [0.4, 0.5) is 5.82 Å². The van der Waals surface area contributed by atoms with E-state index in [-0.39, 0.29) is 5.82 Å². The molecule has 0 spiro atoms. The van der Waals surface area contributed by atoms with Crippen LogP contribution in [0.1, 0.15) is 11.4 Å². The molecule has 2 rings (SSSR count). The fraction of sp³-hybridized carbons (Fsp3) is 0.250. The molecule has 94 valence electrons. The minimum absolute atomic E-state index is 0.0227. The van der Waals surface area contributed by atoms with Crippen molar-refractivity contribution in [2.45, 2.75) is 17.6 Å². The smallest absolute Gasteiger partial charge is 0.342 e. The maximum absolute atomic E-state index is 10.7. The summed E-state index contributed by atoms with van der Waals surface area (Å²) in [5, 5.41) is 10.7. The molecule has 0 atom stereocenters. The van der Waals surface area contributed by atoms with E-state index in [0.29, 0.717) is 11.6 Å². The molecule has 0 saturated carbocycles. The second-order valence-corrected chi connectivity index (χ2v) is 5.00. The summed E-state index contributed by atoms with van der Waals surface area (Å²) >= 11 is 1.62. The summed E-state index contributed by atoms with van der Waals surface area (Å²) in [6.07, 6.45) is 1.30. The summed E-state index contributed by atoms with van der Waals surface area (Å²) in [6.45, 7) is 2.04. The maximum Gasteiger partial charge on any atom is 0.342 e. The van der Waals surface area contributed by atoms with Crippen LogP contribution in [0.3, 0.4) is 0 Å². The first-order valence-corrected chi connectivity index (χ1v) is 6.41. The van der Waals surface area contributed by atoms with Crippen LogP contribution in [0.15, 0.2) is 35.4 Å². The highest BCUT2D eigenvalue weighted by atomic mass is 32.2. The monoisotopic (exact) mass is 263 g/mol. The molecule has 0 unspecified atom stereocenters. The predicted octanol–water partition coefficient (Wildman–Crippen LogP) is 2.93. The minimum Gasteiger partial charge on any atom is -0.358 e. The summed E-state index contributed by atoms with van der Waals surface area (Å²) in [5.74, 6) is 1.34. The normalized spacial score (nSPS) is 10.6. The average molecular weight is 263 g/mol. The number of hydrogen-bond donors (Lipinski definition) is 0. The number of imidazole rings is 1. The molecule has 5 nitrogen and oxygen atoms in total. The van der Waals surface area contributed by atoms with Gasteiger partial charge in [-0.3, -0.25) is 0 Å². The Morgan fingerprint density at radius 1 is 1.39 bits per heavy atom. The number of nitrogens with zero attached hydrogens (tertiary/aromatic N) is 3. The van der Waals surface area contributed by atoms with Gasteiger partial charge in [-0.05, 0) is 24.0 Å². The molecule has 0 saturated heterocycles. The lowest BCUT2D eigenvalue weighted by Crippen LogP contribution is -2.00. The van der Waals surface area contributed by atoms with Gasteiger partial charge in [-0.15, -0.1) is 11.8 Å². The lowest BCUT2D eigenvalue weighted by atomic mass is 10.2. The van der Waals surface area contributed by atoms with Crippen LogP contribution in [0.2, 0.25) is 0 Å². The molecule has 0 aliphatic heterocycles. The standard InChI is InChI=1S/C12H13N3O2S/c1-9-3-5-10(6-4-9)18-8-11-13-7-12(14(11)2)15(16)17/h3-7H,8H2,1-2H3. The maximum atomic E-state index is 10.7. The van der Waals surface area contributed by atoms with Crippen LogP contribution in [-0.4, -0.2) is 14.5 Å². The highest BCUT2D eigenvalue weighted by molar-refractivity contribution is 7.98. The third-order valence-corrected chi connectivity index (χ3v) is 3.64. The van der Waals surface area contributed by atoms with Gasteiger partial charge in [0.25, 0.3) is 0 Å². The number of aromatic nitrogens is 2. The number of nitro groups is 1. The highest BCUT2D eigenvalue weighted by Gasteiger charge is 2.16. The van der Waals surface area contributed by atoms with Crippen molar-refractivity contribution in [3.05, 3.63) is 52.0 Å². The van der Waals surface area contributed by atoms with Crippen LogP contribution in [0, 0.1) is 17.0 Å². The summed E-state index contributed by atoms with van der Waals surface area (Å²) < 4.78 is 1.52. The van der Waals surface area contributed by atoms with Crippen LogP contribution in [0.25, 0.3) is 0 Å². The average Bonchev–Trinajstić information content (AvgIpc) is 2.70. The summed E-state index contributed by atoms with van der Waals surface area (Å²) in [4.78, 5) is 15.5. The van der Waals surface area contributed by atoms with Crippen LogP contribution >= 0.6 is 11.8 Å². The largest absolute Gasteiger partial charge is 0.358 e. The zero-order valence-electron chi connectivity index (χ0n) is 10.2. The second kappa shape index (κ2) is 5.22. The third kappa shape index (κ3) is 2.70. The van der Waals surface area contributed by atoms with Gasteiger partial charge in [0.15, 0.2) is 0 Å². The Kier molecular flexibility index (Phi) is 3.66. The Labute approximate surface area is 109 Å². The lowest BCUT2D eigenvalue weighted by molar-refractivity contribution is -0.391. The SMILES string of the molecule is Cc1ccc(SCc2ncc([N+](=O)[O-])n2C)cc1. The summed E-state index contributed by atoms with van der Waals surface area (Å²) in [7, 11) is 1.66. The van der Waals surface area contributed by atoms with E-state index in [1.54, 1.807) is 18.8 Å². The van der Waals surface area contributed by atoms with E-state index in [9.17, 15) is 10.1 Å². The van der Waals surface area contributed by atoms with Crippen molar-refractivity contribution in [3.63, 3.8) is 0 Å². The molecule has 0 bridgehead atoms. The van der Waals surface area contributed by atoms with Gasteiger partial charge in [0.05, 0.1) is 12.8 Å². The lowest BCUT2D eigenvalue weighted by Gasteiger charge is -2.01. The molecule has 0 radical (unpaired) electrons. The van der Waals surface area contributed by atoms with Gasteiger partial charge in [0.1, 0.15) is 6.20 Å². The zero-order valence-corrected chi connectivity index (χ0v) is 11.0. The van der Waals surface area contributed by atoms with Crippen molar-refractivity contribution in [1.29, 1.82) is 0 Å². The topological polar surface area (TPSA) is 61.0 Å². The fourth-order valence-corrected chi connectivity index (χ4v) is 2.42. The molecular formula is C12H13N3O2S. The number of rotatable bonds is 4. The van der Waals surface area contributed by atoms with Crippen molar-refractivity contribution in [1.82, 2.24) is 9.55 Å². The third-order valence-electron chi connectivity index (χ3n) is 2.64. The van der Waals surface area contributed by atoms with E-state index >= 15 is 0 Å². The molecule has 1 heterocycles. The van der Waals surface area contributed by atoms with Crippen molar-refractivity contribution < 1.29 is 4.92 Å². The molecule has 1 aromatic heterocycles. The van der Waals surface area contributed by atoms with Gasteiger partial charge < -0.3 is 10.1 Å². The molecule has 0 amide bonds. The summed E-state index contributed by atoms with van der Waals surface area (Å²) in [6, 6.07) is 8.17. The number of hydrogen-bond acceptors (Lipinski definition) is 4. The van der Waals surface area contributed by atoms with E-state index in [1.807, 2.05) is 31.2 Å². The first kappa shape index (κ1) is 12.6. The minimum atomic E-state index is -0.424. The Hall–Kier alpha value is -1.82. The first-order valence-electron chi connectivity index (χ1n) is 5.42. The van der Waals surface area contributed by atoms with E-state index in [0.717, 1.165) is 4.90 Å². The van der Waals surface area contributed by atoms with Gasteiger partial charge in [-0.2, -0.15) is 0 Å². The van der Waals surface area contributed by atoms with E-state index in [2.05, 4.69) is 4.98 Å². The number of aryl methyl sites for hydroxylation is 1. The Morgan fingerprint density at radius 3 is 2.61 bits per heavy atom. The molecule has 18 heavy (non-hydrogen) atoms. The van der Waals surface area contributed by atoms with E-state index in [4.69, 9.17) is 0 Å². The Bertz CT molecular complexity index is 563. The number of thioether (sulfide) groups is 1. The van der Waals surface area contributed by atoms with E-state index in [1.165, 1.54) is 16.3 Å². The quantitative estimate of drug-likeness (QED) is 0.483. The predicted molar refractivity (Wildman–Crippen MR) is 70.6 cm³/mol. The molecule has 0 N–H and O–H groups in total. The Morgan fingerprint density at radius 2 is 2.06 bits per heavy atom. The molecule has 6 heteroatoms. The van der Waals surface area contributed by atoms with Crippen molar-refractivity contribution in [2.75, 3.05) is 0 Å². The molecule has 0 fully saturated rings. The number of benzene rings is 1. The van der Waals surface area contributed by atoms with Gasteiger partial charge in [-0.25, -0.2) is 9.55 Å². The van der Waals surface area contributed by atoms with Crippen LogP contribution < -0.4 is 0 Å². The van der Waals surface area contributed by atoms with E-state index < -0.39 is 4.92 Å². The molecule has 2 aromatic rings. The molecule has 0 aliphatic rings. The van der Waals surface area contributed by atoms with Crippen molar-refractivity contribution in [2.24, 2.45) is 7.05 Å². The fourth-order valence-electron chi connectivity index (χ4n) is 1.52.